The van der Waals surface area contributed by atoms with Gasteiger partial charge in [0, 0.05) is 11.9 Å². The average molecular weight is 538 g/mol. The second-order valence-corrected chi connectivity index (χ2v) is 13.2. The molecule has 228 valence electrons. The van der Waals surface area contributed by atoms with Gasteiger partial charge >= 0.3 is 0 Å². The van der Waals surface area contributed by atoms with Crippen LogP contribution in [-0.2, 0) is 4.79 Å². The van der Waals surface area contributed by atoms with Crippen LogP contribution in [-0.4, -0.2) is 27.1 Å². The maximum absolute atomic E-state index is 11.7. The lowest BCUT2D eigenvalue weighted by molar-refractivity contribution is -0.836. The molecule has 1 saturated carbocycles. The highest BCUT2D eigenvalue weighted by Gasteiger charge is 2.35. The summed E-state index contributed by atoms with van der Waals surface area (Å²) < 4.78 is 0. The van der Waals surface area contributed by atoms with Crippen molar-refractivity contribution in [1.82, 2.24) is 0 Å². The molecule has 0 amide bonds. The molecular weight excluding hydrogens is 466 g/mol. The zero-order valence-electron chi connectivity index (χ0n) is 27.1. The molecule has 3 nitrogen and oxygen atoms in total. The normalized spacial score (nSPS) is 18.2. The number of nitrogens with one attached hydrogen (secondary N) is 1. The molecule has 4 atom stereocenters. The number of rotatable bonds is 26. The molecule has 4 unspecified atom stereocenters. The SMILES string of the molecule is CCCCCCCCCC(CCCCCCCC1CC1CCCCCCCC)C(CC)C(=O)[O-].C[NH+](C)C. The summed E-state index contributed by atoms with van der Waals surface area (Å²) in [5.41, 5.74) is 0. The molecule has 0 heterocycles. The maximum atomic E-state index is 11.7. The van der Waals surface area contributed by atoms with E-state index < -0.39 is 5.97 Å². The second-order valence-electron chi connectivity index (χ2n) is 13.2. The molecule has 1 fully saturated rings. The zero-order valence-corrected chi connectivity index (χ0v) is 27.1. The predicted octanol–water partition coefficient (Wildman–Crippen LogP) is 8.40. The predicted molar refractivity (Wildman–Crippen MR) is 166 cm³/mol. The van der Waals surface area contributed by atoms with Crippen molar-refractivity contribution < 1.29 is 14.8 Å². The molecule has 1 aliphatic rings. The fraction of sp³-hybridized carbons (Fsp3) is 0.971. The number of carboxylic acid groups (broad SMARTS) is 1. The average Bonchev–Trinajstić information content (AvgIpc) is 3.62. The minimum atomic E-state index is -0.810. The van der Waals surface area contributed by atoms with Gasteiger partial charge in [-0.15, -0.1) is 0 Å². The van der Waals surface area contributed by atoms with E-state index >= 15 is 0 Å². The number of quaternary nitrogens is 1. The smallest absolute Gasteiger partial charge is 0.0661 e. The molecule has 1 aliphatic carbocycles. The standard InChI is InChI=1S/C32H62O2.C3H9N/c1-4-7-9-11-13-16-19-23-28(31(6-3)32(33)34)24-20-17-14-18-22-26-30-27-29(30)25-21-15-12-10-8-5-2;1-4(2)3/h28-31H,4-27H2,1-3H3,(H,33,34);1-3H3. The van der Waals surface area contributed by atoms with Crippen molar-refractivity contribution in [3.8, 4) is 0 Å². The van der Waals surface area contributed by atoms with Crippen molar-refractivity contribution in [3.63, 3.8) is 0 Å². The quantitative estimate of drug-likeness (QED) is 0.113. The van der Waals surface area contributed by atoms with E-state index in [0.29, 0.717) is 5.92 Å². The largest absolute Gasteiger partial charge is 0.550 e. The Kier molecular flexibility index (Phi) is 26.2. The van der Waals surface area contributed by atoms with Gasteiger partial charge in [-0.05, 0) is 43.4 Å². The molecule has 38 heavy (non-hydrogen) atoms. The minimum absolute atomic E-state index is 0.237. The molecule has 0 aromatic heterocycles. The molecule has 0 spiro atoms. The van der Waals surface area contributed by atoms with Gasteiger partial charge < -0.3 is 14.8 Å². The van der Waals surface area contributed by atoms with Gasteiger partial charge in [-0.3, -0.25) is 0 Å². The van der Waals surface area contributed by atoms with Crippen LogP contribution < -0.4 is 10.0 Å². The molecule has 0 aliphatic heterocycles. The Hall–Kier alpha value is -0.570. The molecule has 0 radical (unpaired) electrons. The van der Waals surface area contributed by atoms with Gasteiger partial charge in [-0.1, -0.05) is 149 Å². The molecule has 1 rings (SSSR count). The van der Waals surface area contributed by atoms with E-state index in [9.17, 15) is 9.90 Å². The third-order valence-electron chi connectivity index (χ3n) is 8.64. The number of hydrogen-bond acceptors (Lipinski definition) is 2. The third kappa shape index (κ3) is 23.3. The first-order valence-electron chi connectivity index (χ1n) is 17.3. The number of hydrogen-bond donors (Lipinski definition) is 1. The number of unbranched alkanes of at least 4 members (excludes halogenated alkanes) is 15. The van der Waals surface area contributed by atoms with Gasteiger partial charge in [0.05, 0.1) is 21.1 Å². The van der Waals surface area contributed by atoms with E-state index in [1.54, 1.807) is 0 Å². The van der Waals surface area contributed by atoms with E-state index in [-0.39, 0.29) is 5.92 Å². The molecule has 0 aromatic carbocycles. The van der Waals surface area contributed by atoms with E-state index in [4.69, 9.17) is 0 Å². The zero-order chi connectivity index (χ0) is 28.4. The Labute approximate surface area is 240 Å². The summed E-state index contributed by atoms with van der Waals surface area (Å²) >= 11 is 0. The van der Waals surface area contributed by atoms with Crippen LogP contribution in [0.25, 0.3) is 0 Å². The molecular formula is C35H71NO2. The molecule has 0 saturated heterocycles. The van der Waals surface area contributed by atoms with Crippen LogP contribution in [0, 0.1) is 23.7 Å². The van der Waals surface area contributed by atoms with Crippen LogP contribution in [0.5, 0.6) is 0 Å². The van der Waals surface area contributed by atoms with Gasteiger partial charge in [0.15, 0.2) is 0 Å². The summed E-state index contributed by atoms with van der Waals surface area (Å²) in [6.45, 7) is 6.58. The van der Waals surface area contributed by atoms with Crippen LogP contribution in [0.2, 0.25) is 0 Å². The van der Waals surface area contributed by atoms with E-state index in [1.165, 1.54) is 140 Å². The van der Waals surface area contributed by atoms with Crippen molar-refractivity contribution in [2.24, 2.45) is 23.7 Å². The highest BCUT2D eigenvalue weighted by Crippen LogP contribution is 2.45. The van der Waals surface area contributed by atoms with Crippen LogP contribution in [0.4, 0.5) is 0 Å². The summed E-state index contributed by atoms with van der Waals surface area (Å²) in [5, 5.41) is 11.7. The van der Waals surface area contributed by atoms with Gasteiger partial charge in [0.25, 0.3) is 0 Å². The lowest BCUT2D eigenvalue weighted by atomic mass is 9.82. The maximum Gasteiger partial charge on any atom is 0.0661 e. The number of carbonyl (C=O) groups excluding carboxylic acids is 1. The van der Waals surface area contributed by atoms with Crippen molar-refractivity contribution in [2.75, 3.05) is 21.1 Å². The van der Waals surface area contributed by atoms with Gasteiger partial charge in [0.1, 0.15) is 0 Å². The third-order valence-corrected chi connectivity index (χ3v) is 8.64. The molecule has 0 aromatic rings. The summed E-state index contributed by atoms with van der Waals surface area (Å²) in [7, 11) is 6.25. The van der Waals surface area contributed by atoms with Crippen molar-refractivity contribution >= 4 is 5.97 Å². The summed E-state index contributed by atoms with van der Waals surface area (Å²) in [6.07, 6.45) is 31.7. The Morgan fingerprint density at radius 3 is 1.32 bits per heavy atom. The fourth-order valence-electron chi connectivity index (χ4n) is 6.15. The highest BCUT2D eigenvalue weighted by atomic mass is 16.4. The Morgan fingerprint density at radius 2 is 0.974 bits per heavy atom. The molecule has 3 heteroatoms. The van der Waals surface area contributed by atoms with Gasteiger partial charge in [-0.25, -0.2) is 0 Å². The summed E-state index contributed by atoms with van der Waals surface area (Å²) in [4.78, 5) is 13.1. The van der Waals surface area contributed by atoms with Crippen LogP contribution in [0.1, 0.15) is 175 Å². The first kappa shape index (κ1) is 37.4. The molecule has 0 bridgehead atoms. The lowest BCUT2D eigenvalue weighted by Crippen LogP contribution is -3.02. The van der Waals surface area contributed by atoms with E-state index in [0.717, 1.165) is 31.1 Å². The first-order chi connectivity index (χ1) is 18.4. The first-order valence-corrected chi connectivity index (χ1v) is 17.3. The van der Waals surface area contributed by atoms with Crippen LogP contribution >= 0.6 is 0 Å². The van der Waals surface area contributed by atoms with E-state index in [2.05, 4.69) is 35.0 Å². The van der Waals surface area contributed by atoms with E-state index in [1.807, 2.05) is 6.92 Å². The van der Waals surface area contributed by atoms with Gasteiger partial charge in [0.2, 0.25) is 0 Å². The number of aliphatic carboxylic acids is 1. The number of carbonyl (C=O) groups is 1. The minimum Gasteiger partial charge on any atom is -0.550 e. The fourth-order valence-corrected chi connectivity index (χ4v) is 6.15. The second kappa shape index (κ2) is 26.6. The van der Waals surface area contributed by atoms with Crippen LogP contribution in [0.3, 0.4) is 0 Å². The number of carboxylic acids is 1. The lowest BCUT2D eigenvalue weighted by Gasteiger charge is -2.27. The summed E-state index contributed by atoms with van der Waals surface area (Å²) in [5.74, 6) is 1.40. The monoisotopic (exact) mass is 538 g/mol. The molecule has 1 N–H and O–H groups in total. The Bertz CT molecular complexity index is 503. The Morgan fingerprint density at radius 1 is 0.632 bits per heavy atom. The Balaban J connectivity index is 0.00000318. The summed E-state index contributed by atoms with van der Waals surface area (Å²) in [6, 6.07) is 0. The van der Waals surface area contributed by atoms with Crippen molar-refractivity contribution in [1.29, 1.82) is 0 Å². The van der Waals surface area contributed by atoms with Gasteiger partial charge in [-0.2, -0.15) is 0 Å². The van der Waals surface area contributed by atoms with Crippen LogP contribution in [0.15, 0.2) is 0 Å². The van der Waals surface area contributed by atoms with Crippen molar-refractivity contribution in [3.05, 3.63) is 0 Å². The van der Waals surface area contributed by atoms with Crippen molar-refractivity contribution in [2.45, 2.75) is 175 Å². The topological polar surface area (TPSA) is 44.6 Å². The highest BCUT2D eigenvalue weighted by molar-refractivity contribution is 5.67.